The summed E-state index contributed by atoms with van der Waals surface area (Å²) >= 11 is 0.702. The van der Waals surface area contributed by atoms with Crippen molar-refractivity contribution in [1.29, 1.82) is 5.26 Å². The van der Waals surface area contributed by atoms with Gasteiger partial charge >= 0.3 is 0 Å². The first-order valence-corrected chi connectivity index (χ1v) is 6.30. The molecule has 0 saturated carbocycles. The number of hydrogen-bond acceptors (Lipinski definition) is 4. The lowest BCUT2D eigenvalue weighted by atomic mass is 9.89. The molecule has 0 amide bonds. The van der Waals surface area contributed by atoms with Gasteiger partial charge in [0.1, 0.15) is 11.5 Å². The van der Waals surface area contributed by atoms with Crippen molar-refractivity contribution in [2.75, 3.05) is 0 Å². The lowest BCUT2D eigenvalue weighted by molar-refractivity contribution is 0.482. The summed E-state index contributed by atoms with van der Waals surface area (Å²) in [5.74, 6) is 1.34. The van der Waals surface area contributed by atoms with E-state index in [9.17, 15) is 0 Å². The van der Waals surface area contributed by atoms with Gasteiger partial charge in [0, 0.05) is 0 Å². The number of nitrogens with zero attached hydrogens (tertiary/aromatic N) is 1. The molecule has 0 bridgehead atoms. The van der Waals surface area contributed by atoms with E-state index in [2.05, 4.69) is 6.07 Å². The Hall–Kier alpha value is -1.90. The van der Waals surface area contributed by atoms with Crippen LogP contribution >= 0.6 is 11.9 Å². The van der Waals surface area contributed by atoms with E-state index in [-0.39, 0.29) is 0 Å². The van der Waals surface area contributed by atoms with E-state index >= 15 is 0 Å². The second kappa shape index (κ2) is 6.15. The van der Waals surface area contributed by atoms with Gasteiger partial charge in [0.05, 0.1) is 11.6 Å². The Morgan fingerprint density at radius 2 is 1.89 bits per heavy atom. The van der Waals surface area contributed by atoms with E-state index in [0.29, 0.717) is 29.8 Å². The van der Waals surface area contributed by atoms with Crippen LogP contribution in [-0.4, -0.2) is 11.1 Å². The second-order valence-electron chi connectivity index (χ2n) is 3.62. The zero-order valence-electron chi connectivity index (χ0n) is 9.54. The van der Waals surface area contributed by atoms with Crippen molar-refractivity contribution < 1.29 is 9.29 Å². The highest BCUT2D eigenvalue weighted by Crippen LogP contribution is 2.21. The minimum Gasteiger partial charge on any atom is -0.457 e. The third-order valence-electron chi connectivity index (χ3n) is 2.40. The second-order valence-corrected chi connectivity index (χ2v) is 4.17. The maximum Gasteiger partial charge on any atom is 0.262 e. The Morgan fingerprint density at radius 1 is 1.11 bits per heavy atom. The number of benzene rings is 2. The third-order valence-corrected chi connectivity index (χ3v) is 2.84. The minimum atomic E-state index is 0.397. The molecule has 0 heterocycles. The van der Waals surface area contributed by atoms with Crippen LogP contribution in [0.2, 0.25) is 0 Å². The van der Waals surface area contributed by atoms with E-state index in [4.69, 9.17) is 14.6 Å². The summed E-state index contributed by atoms with van der Waals surface area (Å²) in [5, 5.41) is 9.04. The van der Waals surface area contributed by atoms with Crippen LogP contribution in [0.4, 0.5) is 0 Å². The molecule has 0 aromatic heterocycles. The van der Waals surface area contributed by atoms with Gasteiger partial charge in [-0.05, 0) is 29.7 Å². The Kier molecular flexibility index (Phi) is 4.29. The van der Waals surface area contributed by atoms with E-state index in [1.54, 1.807) is 18.2 Å². The molecule has 2 aromatic rings. The van der Waals surface area contributed by atoms with Crippen LogP contribution in [-0.2, 0) is 0 Å². The smallest absolute Gasteiger partial charge is 0.262 e. The summed E-state index contributed by atoms with van der Waals surface area (Å²) in [7, 11) is 0. The van der Waals surface area contributed by atoms with Gasteiger partial charge < -0.3 is 9.29 Å². The maximum absolute atomic E-state index is 9.04. The van der Waals surface area contributed by atoms with Gasteiger partial charge in [-0.15, -0.1) is 0 Å². The van der Waals surface area contributed by atoms with E-state index in [0.717, 1.165) is 11.2 Å². The van der Waals surface area contributed by atoms with Gasteiger partial charge in [-0.25, -0.2) is 0 Å². The lowest BCUT2D eigenvalue weighted by Gasteiger charge is -2.07. The van der Waals surface area contributed by atoms with Crippen molar-refractivity contribution in [3.8, 4) is 17.6 Å². The highest BCUT2D eigenvalue weighted by atomic mass is 32.2. The third kappa shape index (κ3) is 3.07. The molecule has 18 heavy (non-hydrogen) atoms. The molecule has 1 N–H and O–H groups in total. The molecule has 0 radical (unpaired) electrons. The largest absolute Gasteiger partial charge is 0.457 e. The zero-order chi connectivity index (χ0) is 12.8. The Labute approximate surface area is 110 Å². The highest BCUT2D eigenvalue weighted by Gasteiger charge is 2.06. The molecule has 0 saturated heterocycles. The summed E-state index contributed by atoms with van der Waals surface area (Å²) in [4.78, 5) is 0. The minimum absolute atomic E-state index is 0.397. The topological polar surface area (TPSA) is 53.2 Å². The maximum atomic E-state index is 9.04. The van der Waals surface area contributed by atoms with Crippen molar-refractivity contribution >= 4 is 23.9 Å². The Balaban J connectivity index is 2.23. The normalized spacial score (nSPS) is 9.56. The van der Waals surface area contributed by atoms with Crippen LogP contribution in [0.1, 0.15) is 5.56 Å². The van der Waals surface area contributed by atoms with Gasteiger partial charge in [-0.2, -0.15) is 5.26 Å². The monoisotopic (exact) mass is 255 g/mol. The summed E-state index contributed by atoms with van der Waals surface area (Å²) in [6.45, 7) is 0.397. The number of rotatable bonds is 4. The summed E-state index contributed by atoms with van der Waals surface area (Å²) < 4.78 is 14.5. The van der Waals surface area contributed by atoms with Crippen LogP contribution in [0.3, 0.4) is 0 Å². The Morgan fingerprint density at radius 3 is 2.56 bits per heavy atom. The molecule has 88 valence electrons. The van der Waals surface area contributed by atoms with E-state index in [1.807, 2.05) is 30.3 Å². The average Bonchev–Trinajstić information content (AvgIpc) is 2.42. The lowest BCUT2D eigenvalue weighted by Crippen LogP contribution is -2.14. The fourth-order valence-electron chi connectivity index (χ4n) is 1.54. The standard InChI is InChI=1S/C13H10BNO2S/c15-9-10-8-12(6-7-13(10)14-18-16)17-11-4-2-1-3-5-11/h1-8,14,16H. The van der Waals surface area contributed by atoms with Crippen molar-refractivity contribution in [1.82, 2.24) is 0 Å². The van der Waals surface area contributed by atoms with E-state index in [1.165, 1.54) is 0 Å². The first kappa shape index (κ1) is 12.6. The van der Waals surface area contributed by atoms with Crippen molar-refractivity contribution in [3.63, 3.8) is 0 Å². The molecular formula is C13H10BNO2S. The number of ether oxygens (including phenoxy) is 1. The first-order chi connectivity index (χ1) is 8.83. The van der Waals surface area contributed by atoms with Gasteiger partial charge in [-0.1, -0.05) is 36.2 Å². The van der Waals surface area contributed by atoms with Crippen molar-refractivity contribution in [2.24, 2.45) is 0 Å². The zero-order valence-corrected chi connectivity index (χ0v) is 10.4. The molecule has 0 spiro atoms. The van der Waals surface area contributed by atoms with Crippen molar-refractivity contribution in [2.45, 2.75) is 0 Å². The van der Waals surface area contributed by atoms with Crippen molar-refractivity contribution in [3.05, 3.63) is 54.1 Å². The highest BCUT2D eigenvalue weighted by molar-refractivity contribution is 8.19. The SMILES string of the molecule is N#Cc1cc(Oc2ccccc2)ccc1BSO. The number of nitriles is 1. The van der Waals surface area contributed by atoms with Crippen LogP contribution in [0.25, 0.3) is 0 Å². The molecule has 0 atom stereocenters. The first-order valence-electron chi connectivity index (χ1n) is 5.36. The fourth-order valence-corrected chi connectivity index (χ4v) is 1.93. The van der Waals surface area contributed by atoms with E-state index < -0.39 is 0 Å². The fraction of sp³-hybridized carbons (Fsp3) is 0. The van der Waals surface area contributed by atoms with Crippen LogP contribution in [0, 0.1) is 11.3 Å². The van der Waals surface area contributed by atoms with Crippen LogP contribution in [0.15, 0.2) is 48.5 Å². The molecule has 0 aliphatic carbocycles. The molecule has 0 aliphatic heterocycles. The number of hydrogen-bond donors (Lipinski definition) is 1. The summed E-state index contributed by atoms with van der Waals surface area (Å²) in [5.41, 5.74) is 1.32. The predicted molar refractivity (Wildman–Crippen MR) is 74.7 cm³/mol. The molecule has 2 aromatic carbocycles. The van der Waals surface area contributed by atoms with Gasteiger partial charge in [0.15, 0.2) is 0 Å². The molecule has 2 rings (SSSR count). The molecule has 0 fully saturated rings. The van der Waals surface area contributed by atoms with Gasteiger partial charge in [0.2, 0.25) is 0 Å². The summed E-state index contributed by atoms with van der Waals surface area (Å²) in [6, 6.07) is 16.7. The predicted octanol–water partition coefficient (Wildman–Crippen LogP) is 2.53. The van der Waals surface area contributed by atoms with Crippen LogP contribution in [0.5, 0.6) is 11.5 Å². The molecule has 0 aliphatic rings. The molecular weight excluding hydrogens is 245 g/mol. The molecule has 0 unspecified atom stereocenters. The summed E-state index contributed by atoms with van der Waals surface area (Å²) in [6.07, 6.45) is 0. The molecule has 3 nitrogen and oxygen atoms in total. The number of para-hydroxylation sites is 1. The van der Waals surface area contributed by atoms with Gasteiger partial charge in [-0.3, -0.25) is 0 Å². The Bertz CT molecular complexity index is 569. The quantitative estimate of drug-likeness (QED) is 0.673. The molecule has 5 heteroatoms. The van der Waals surface area contributed by atoms with Gasteiger partial charge in [0.25, 0.3) is 6.56 Å². The van der Waals surface area contributed by atoms with Crippen LogP contribution < -0.4 is 10.2 Å². The average molecular weight is 255 g/mol.